The second-order valence-electron chi connectivity index (χ2n) is 3.02. The van der Waals surface area contributed by atoms with Crippen LogP contribution in [0.15, 0.2) is 35.3 Å². The van der Waals surface area contributed by atoms with Gasteiger partial charge < -0.3 is 9.15 Å². The lowest BCUT2D eigenvalue weighted by Gasteiger charge is -2.04. The topological polar surface area (TPSA) is 78.4 Å². The van der Waals surface area contributed by atoms with Gasteiger partial charge in [0.25, 0.3) is 5.69 Å². The van der Waals surface area contributed by atoms with E-state index < -0.39 is 4.92 Å². The summed E-state index contributed by atoms with van der Waals surface area (Å²) in [5, 5.41) is 10.6. The Morgan fingerprint density at radius 3 is 2.88 bits per heavy atom. The molecule has 6 heteroatoms. The molecule has 82 valence electrons. The highest BCUT2D eigenvalue weighted by atomic mass is 16.6. The van der Waals surface area contributed by atoms with Gasteiger partial charge in [0, 0.05) is 11.6 Å². The van der Waals surface area contributed by atoms with E-state index in [1.54, 1.807) is 6.07 Å². The Bertz CT molecular complexity index is 508. The van der Waals surface area contributed by atoms with Crippen LogP contribution in [0.4, 0.5) is 5.69 Å². The molecule has 0 radical (unpaired) electrons. The summed E-state index contributed by atoms with van der Waals surface area (Å²) < 4.78 is 9.92. The zero-order valence-electron chi connectivity index (χ0n) is 8.41. The number of hydrogen-bond donors (Lipinski definition) is 0. The van der Waals surface area contributed by atoms with E-state index in [0.717, 1.165) is 0 Å². The normalized spacial score (nSPS) is 10.1. The largest absolute Gasteiger partial charge is 0.496 e. The number of nitro benzene ring substituents is 1. The summed E-state index contributed by atoms with van der Waals surface area (Å²) in [5.74, 6) is 0.392. The minimum atomic E-state index is -0.477. The maximum atomic E-state index is 10.6. The van der Waals surface area contributed by atoms with Crippen molar-refractivity contribution in [3.8, 4) is 17.0 Å². The number of nitro groups is 1. The molecule has 1 heterocycles. The fourth-order valence-corrected chi connectivity index (χ4v) is 1.35. The van der Waals surface area contributed by atoms with Crippen molar-refractivity contribution in [3.63, 3.8) is 0 Å². The summed E-state index contributed by atoms with van der Waals surface area (Å²) in [6, 6.07) is 4.32. The van der Waals surface area contributed by atoms with Crippen LogP contribution in [-0.4, -0.2) is 17.0 Å². The summed E-state index contributed by atoms with van der Waals surface area (Å²) in [4.78, 5) is 14.1. The Morgan fingerprint density at radius 2 is 2.31 bits per heavy atom. The molecule has 2 rings (SSSR count). The second-order valence-corrected chi connectivity index (χ2v) is 3.02. The lowest BCUT2D eigenvalue weighted by Crippen LogP contribution is -1.92. The third-order valence-corrected chi connectivity index (χ3v) is 2.10. The minimum absolute atomic E-state index is 0.0240. The third-order valence-electron chi connectivity index (χ3n) is 2.10. The van der Waals surface area contributed by atoms with Crippen LogP contribution < -0.4 is 4.74 Å². The van der Waals surface area contributed by atoms with E-state index in [1.165, 1.54) is 31.9 Å². The molecule has 2 aromatic rings. The van der Waals surface area contributed by atoms with Gasteiger partial charge in [0.05, 0.1) is 18.1 Å². The van der Waals surface area contributed by atoms with E-state index in [4.69, 9.17) is 9.15 Å². The Balaban J connectivity index is 2.51. The average Bonchev–Trinajstić information content (AvgIpc) is 2.81. The van der Waals surface area contributed by atoms with Crippen molar-refractivity contribution in [2.45, 2.75) is 0 Å². The first kappa shape index (κ1) is 10.2. The molecule has 0 bridgehead atoms. The highest BCUT2D eigenvalue weighted by molar-refractivity contribution is 5.68. The van der Waals surface area contributed by atoms with Crippen LogP contribution in [0.3, 0.4) is 0 Å². The fourth-order valence-electron chi connectivity index (χ4n) is 1.35. The van der Waals surface area contributed by atoms with Crippen molar-refractivity contribution < 1.29 is 14.1 Å². The fraction of sp³-hybridized carbons (Fsp3) is 0.100. The quantitative estimate of drug-likeness (QED) is 0.585. The SMILES string of the molecule is COc1cc([N+](=O)[O-])ccc1-c1cocn1. The van der Waals surface area contributed by atoms with Crippen molar-refractivity contribution in [3.05, 3.63) is 41.0 Å². The number of rotatable bonds is 3. The predicted molar refractivity (Wildman–Crippen MR) is 55.1 cm³/mol. The predicted octanol–water partition coefficient (Wildman–Crippen LogP) is 2.26. The molecule has 0 spiro atoms. The van der Waals surface area contributed by atoms with Crippen molar-refractivity contribution >= 4 is 5.69 Å². The van der Waals surface area contributed by atoms with Gasteiger partial charge in [-0.2, -0.15) is 0 Å². The van der Waals surface area contributed by atoms with Crippen molar-refractivity contribution in [2.24, 2.45) is 0 Å². The Morgan fingerprint density at radius 1 is 1.50 bits per heavy atom. The number of nitrogens with zero attached hydrogens (tertiary/aromatic N) is 2. The van der Waals surface area contributed by atoms with Crippen molar-refractivity contribution in [2.75, 3.05) is 7.11 Å². The molecule has 6 nitrogen and oxygen atoms in total. The lowest BCUT2D eigenvalue weighted by atomic mass is 10.1. The Kier molecular flexibility index (Phi) is 2.55. The molecule has 0 aliphatic heterocycles. The molecule has 0 aliphatic carbocycles. The molecule has 1 aromatic heterocycles. The van der Waals surface area contributed by atoms with E-state index in [0.29, 0.717) is 17.0 Å². The maximum absolute atomic E-state index is 10.6. The monoisotopic (exact) mass is 220 g/mol. The van der Waals surface area contributed by atoms with E-state index in [1.807, 2.05) is 0 Å². The summed E-state index contributed by atoms with van der Waals surface area (Å²) in [5.41, 5.74) is 1.21. The van der Waals surface area contributed by atoms with Gasteiger partial charge in [-0.1, -0.05) is 0 Å². The lowest BCUT2D eigenvalue weighted by molar-refractivity contribution is -0.384. The smallest absolute Gasteiger partial charge is 0.273 e. The van der Waals surface area contributed by atoms with Gasteiger partial charge in [-0.3, -0.25) is 10.1 Å². The zero-order chi connectivity index (χ0) is 11.5. The standard InChI is InChI=1S/C10H8N2O4/c1-15-10-4-7(12(13)14)2-3-8(10)9-5-16-6-11-9/h2-6H,1H3. The number of benzene rings is 1. The summed E-state index contributed by atoms with van der Waals surface area (Å²) in [6.07, 6.45) is 2.74. The Labute approximate surface area is 90.6 Å². The van der Waals surface area contributed by atoms with Crippen molar-refractivity contribution in [1.29, 1.82) is 0 Å². The molecule has 0 aliphatic rings. The molecule has 0 N–H and O–H groups in total. The van der Waals surface area contributed by atoms with E-state index in [2.05, 4.69) is 4.98 Å². The molecule has 0 saturated carbocycles. The van der Waals surface area contributed by atoms with Crippen LogP contribution in [-0.2, 0) is 0 Å². The van der Waals surface area contributed by atoms with E-state index in [9.17, 15) is 10.1 Å². The number of non-ortho nitro benzene ring substituents is 1. The van der Waals surface area contributed by atoms with E-state index in [-0.39, 0.29) is 5.69 Å². The molecular weight excluding hydrogens is 212 g/mol. The minimum Gasteiger partial charge on any atom is -0.496 e. The van der Waals surface area contributed by atoms with Gasteiger partial charge in [-0.05, 0) is 6.07 Å². The van der Waals surface area contributed by atoms with Crippen LogP contribution >= 0.6 is 0 Å². The van der Waals surface area contributed by atoms with Crippen LogP contribution in [0.5, 0.6) is 5.75 Å². The van der Waals surface area contributed by atoms with Crippen LogP contribution in [0, 0.1) is 10.1 Å². The summed E-state index contributed by atoms with van der Waals surface area (Å²) in [7, 11) is 1.45. The van der Waals surface area contributed by atoms with Gasteiger partial charge in [-0.25, -0.2) is 4.98 Å². The van der Waals surface area contributed by atoms with Gasteiger partial charge in [0.2, 0.25) is 0 Å². The van der Waals surface area contributed by atoms with Gasteiger partial charge in [0.1, 0.15) is 17.7 Å². The molecule has 0 unspecified atom stereocenters. The van der Waals surface area contributed by atoms with Gasteiger partial charge in [-0.15, -0.1) is 0 Å². The molecule has 0 amide bonds. The van der Waals surface area contributed by atoms with Crippen LogP contribution in [0.2, 0.25) is 0 Å². The van der Waals surface area contributed by atoms with Gasteiger partial charge in [0.15, 0.2) is 6.39 Å². The second kappa shape index (κ2) is 4.01. The maximum Gasteiger partial charge on any atom is 0.273 e. The van der Waals surface area contributed by atoms with Crippen LogP contribution in [0.1, 0.15) is 0 Å². The molecular formula is C10H8N2O4. The summed E-state index contributed by atoms with van der Waals surface area (Å²) >= 11 is 0. The first-order valence-electron chi connectivity index (χ1n) is 4.43. The van der Waals surface area contributed by atoms with Crippen molar-refractivity contribution in [1.82, 2.24) is 4.98 Å². The summed E-state index contributed by atoms with van der Waals surface area (Å²) in [6.45, 7) is 0. The first-order chi connectivity index (χ1) is 7.72. The van der Waals surface area contributed by atoms with Crippen LogP contribution in [0.25, 0.3) is 11.3 Å². The molecule has 16 heavy (non-hydrogen) atoms. The highest BCUT2D eigenvalue weighted by Crippen LogP contribution is 2.31. The number of methoxy groups -OCH3 is 1. The third kappa shape index (κ3) is 1.72. The molecule has 0 atom stereocenters. The number of aromatic nitrogens is 1. The first-order valence-corrected chi connectivity index (χ1v) is 4.43. The highest BCUT2D eigenvalue weighted by Gasteiger charge is 2.13. The zero-order valence-corrected chi connectivity index (χ0v) is 8.41. The molecule has 0 fully saturated rings. The van der Waals surface area contributed by atoms with E-state index >= 15 is 0 Å². The average molecular weight is 220 g/mol. The number of hydrogen-bond acceptors (Lipinski definition) is 5. The molecule has 0 saturated heterocycles. The molecule has 1 aromatic carbocycles. The van der Waals surface area contributed by atoms with Gasteiger partial charge >= 0.3 is 0 Å². The number of oxazole rings is 1. The number of ether oxygens (including phenoxy) is 1. The Hall–Kier alpha value is -2.37.